The van der Waals surface area contributed by atoms with Gasteiger partial charge in [0.2, 0.25) is 6.41 Å². The van der Waals surface area contributed by atoms with Crippen LogP contribution in [0.3, 0.4) is 0 Å². The second-order valence-electron chi connectivity index (χ2n) is 9.18. The standard InChI is InChI=1S/C27H26ClFN4O4/c1-17-25(33-13-27(37,14-33)15-34)9-19(12-30-17)22-11-20(29)10-21(26(22)36)18-4-5-24(23(28)8-18)32(16-35)7-6-31(2)3/h4-5,8-12,16,34,36-37H,13-15H2,1-3H3. The Bertz CT molecular complexity index is 1410. The molecule has 1 fully saturated rings. The van der Waals surface area contributed by atoms with Crippen LogP contribution >= 0.6 is 11.6 Å². The molecule has 2 aromatic carbocycles. The predicted molar refractivity (Wildman–Crippen MR) is 141 cm³/mol. The quantitative estimate of drug-likeness (QED) is 0.259. The van der Waals surface area contributed by atoms with Crippen LogP contribution in [0.15, 0.2) is 42.6 Å². The summed E-state index contributed by atoms with van der Waals surface area (Å²) in [6.45, 7) is 1.92. The van der Waals surface area contributed by atoms with Gasteiger partial charge in [0, 0.05) is 49.1 Å². The second kappa shape index (κ2) is 10.3. The molecule has 10 heteroatoms. The average Bonchev–Trinajstić information content (AvgIpc) is 2.84. The van der Waals surface area contributed by atoms with E-state index in [1.54, 1.807) is 44.1 Å². The molecule has 1 aliphatic rings. The van der Waals surface area contributed by atoms with Crippen LogP contribution in [-0.2, 0) is 4.79 Å². The lowest BCUT2D eigenvalue weighted by molar-refractivity contribution is -0.106. The van der Waals surface area contributed by atoms with E-state index in [-0.39, 0.29) is 41.6 Å². The number of amides is 1. The summed E-state index contributed by atoms with van der Waals surface area (Å²) >= 11 is 6.44. The van der Waals surface area contributed by atoms with Crippen molar-refractivity contribution in [3.63, 3.8) is 0 Å². The highest BCUT2D eigenvalue weighted by Gasteiger charge is 2.41. The maximum Gasteiger partial charge on any atom is 0.226 e. The number of hydrogen-bond acceptors (Lipinski definition) is 7. The first kappa shape index (κ1) is 26.2. The molecule has 0 atom stereocenters. The van der Waals surface area contributed by atoms with Gasteiger partial charge in [-0.1, -0.05) is 17.7 Å². The van der Waals surface area contributed by atoms with E-state index in [0.29, 0.717) is 34.6 Å². The third-order valence-electron chi connectivity index (χ3n) is 6.07. The molecular formula is C27H26ClFN4O4. The molecule has 4 rings (SSSR count). The Hall–Kier alpha value is -3.84. The van der Waals surface area contributed by atoms with Crippen molar-refractivity contribution < 1.29 is 24.5 Å². The summed E-state index contributed by atoms with van der Waals surface area (Å²) in [5.41, 5.74) is 1.94. The minimum absolute atomic E-state index is 0.170. The number of aromatic nitrogens is 1. The van der Waals surface area contributed by atoms with Crippen molar-refractivity contribution in [2.75, 3.05) is 43.6 Å². The van der Waals surface area contributed by atoms with Crippen LogP contribution in [0.4, 0.5) is 15.8 Å². The van der Waals surface area contributed by atoms with Crippen molar-refractivity contribution in [2.45, 2.75) is 12.5 Å². The smallest absolute Gasteiger partial charge is 0.226 e. The first-order valence-corrected chi connectivity index (χ1v) is 11.7. The fourth-order valence-corrected chi connectivity index (χ4v) is 4.40. The van der Waals surface area contributed by atoms with Crippen molar-refractivity contribution in [3.05, 3.63) is 59.1 Å². The number of β-amino-alcohol motifs (C(OH)–C–C–N with tert-alkyl or cyclic N) is 1. The van der Waals surface area contributed by atoms with Crippen LogP contribution in [0.25, 0.3) is 22.3 Å². The molecule has 2 heterocycles. The number of carbonyl (C=O) groups excluding carboxylic acids is 1. The molecule has 1 saturated heterocycles. The number of aromatic hydroxyl groups is 1. The van der Waals surface area contributed by atoms with E-state index in [1.165, 1.54) is 24.4 Å². The zero-order valence-electron chi connectivity index (χ0n) is 20.5. The van der Waals surface area contributed by atoms with Gasteiger partial charge in [-0.2, -0.15) is 0 Å². The number of pyridine rings is 1. The molecule has 3 aromatic rings. The normalized spacial score (nSPS) is 13.9. The molecule has 8 nitrogen and oxygen atoms in total. The maximum atomic E-state index is 14.8. The summed E-state index contributed by atoms with van der Waals surface area (Å²) in [4.78, 5) is 20.5. The van der Waals surface area contributed by atoms with Crippen LogP contribution in [0.5, 0.6) is 5.75 Å². The molecular weight excluding hydrogens is 499 g/mol. The third kappa shape index (κ3) is 5.32. The zero-order chi connectivity index (χ0) is 26.9. The van der Waals surface area contributed by atoms with Crippen LogP contribution < -0.4 is 9.80 Å². The summed E-state index contributed by atoms with van der Waals surface area (Å²) < 4.78 is 14.8. The number of halogens is 2. The number of aryl methyl sites for hydroxylation is 1. The highest BCUT2D eigenvalue weighted by Crippen LogP contribution is 2.42. The van der Waals surface area contributed by atoms with E-state index in [2.05, 4.69) is 17.1 Å². The molecule has 37 heavy (non-hydrogen) atoms. The van der Waals surface area contributed by atoms with Gasteiger partial charge in [-0.05, 0) is 42.8 Å². The SMILES string of the molecule is Cc1ncc(-c2cc(F)cc(-c3ccc(N(C#CN(C)C)C=O)c(Cl)c3)c2O)cc1N1CC(O)(CO)C1. The molecule has 0 spiro atoms. The lowest BCUT2D eigenvalue weighted by atomic mass is 9.93. The first-order valence-electron chi connectivity index (χ1n) is 11.4. The lowest BCUT2D eigenvalue weighted by Gasteiger charge is -2.47. The number of phenols is 1. The number of hydrogen-bond donors (Lipinski definition) is 3. The van der Waals surface area contributed by atoms with Gasteiger partial charge in [-0.25, -0.2) is 9.29 Å². The molecule has 0 aliphatic carbocycles. The van der Waals surface area contributed by atoms with Gasteiger partial charge in [-0.3, -0.25) is 9.78 Å². The second-order valence-corrected chi connectivity index (χ2v) is 9.58. The van der Waals surface area contributed by atoms with Gasteiger partial charge in [0.25, 0.3) is 0 Å². The van der Waals surface area contributed by atoms with E-state index in [9.17, 15) is 24.5 Å². The summed E-state index contributed by atoms with van der Waals surface area (Å²) in [6.07, 6.45) is 2.08. The highest BCUT2D eigenvalue weighted by atomic mass is 35.5. The van der Waals surface area contributed by atoms with E-state index < -0.39 is 11.4 Å². The van der Waals surface area contributed by atoms with Crippen LogP contribution in [0.1, 0.15) is 5.69 Å². The highest BCUT2D eigenvalue weighted by molar-refractivity contribution is 6.34. The Kier molecular flexibility index (Phi) is 7.28. The molecule has 0 unspecified atom stereocenters. The van der Waals surface area contributed by atoms with Crippen molar-refractivity contribution >= 4 is 29.4 Å². The zero-order valence-corrected chi connectivity index (χ0v) is 21.3. The fourth-order valence-electron chi connectivity index (χ4n) is 4.13. The number of carbonyl (C=O) groups is 1. The maximum absolute atomic E-state index is 14.8. The molecule has 0 radical (unpaired) electrons. The van der Waals surface area contributed by atoms with Crippen molar-refractivity contribution in [2.24, 2.45) is 0 Å². The van der Waals surface area contributed by atoms with E-state index in [1.807, 2.05) is 4.90 Å². The summed E-state index contributed by atoms with van der Waals surface area (Å²) in [5, 5.41) is 30.9. The third-order valence-corrected chi connectivity index (χ3v) is 6.37. The number of anilines is 2. The van der Waals surface area contributed by atoms with E-state index in [0.717, 1.165) is 4.90 Å². The molecule has 3 N–H and O–H groups in total. The van der Waals surface area contributed by atoms with Crippen molar-refractivity contribution in [1.82, 2.24) is 9.88 Å². The molecule has 1 aliphatic heterocycles. The van der Waals surface area contributed by atoms with E-state index in [4.69, 9.17) is 11.6 Å². The minimum atomic E-state index is -1.17. The number of aliphatic hydroxyl groups excluding tert-OH is 1. The van der Waals surface area contributed by atoms with Crippen molar-refractivity contribution in [3.8, 4) is 40.1 Å². The number of rotatable bonds is 6. The number of nitrogens with zero attached hydrogens (tertiary/aromatic N) is 4. The Morgan fingerprint density at radius 2 is 1.84 bits per heavy atom. The molecule has 1 aromatic heterocycles. The Labute approximate surface area is 219 Å². The lowest BCUT2D eigenvalue weighted by Crippen LogP contribution is -2.64. The minimum Gasteiger partial charge on any atom is -0.507 e. The molecule has 0 bridgehead atoms. The van der Waals surface area contributed by atoms with Gasteiger partial charge in [-0.15, -0.1) is 0 Å². The largest absolute Gasteiger partial charge is 0.507 e. The van der Waals surface area contributed by atoms with Crippen LogP contribution in [0, 0.1) is 24.8 Å². The van der Waals surface area contributed by atoms with E-state index >= 15 is 0 Å². The topological polar surface area (TPSA) is 100 Å². The average molecular weight is 525 g/mol. The summed E-state index contributed by atoms with van der Waals surface area (Å²) in [7, 11) is 3.46. The fraction of sp³-hybridized carbons (Fsp3) is 0.259. The molecule has 192 valence electrons. The number of aliphatic hydroxyl groups is 2. The number of phenolic OH excluding ortho intramolecular Hbond substituents is 1. The molecule has 0 saturated carbocycles. The van der Waals surface area contributed by atoms with Gasteiger partial charge in [0.15, 0.2) is 0 Å². The summed E-state index contributed by atoms with van der Waals surface area (Å²) in [5.74, 6) is -0.743. The van der Waals surface area contributed by atoms with Gasteiger partial charge in [0.05, 0.1) is 41.8 Å². The summed E-state index contributed by atoms with van der Waals surface area (Å²) in [6, 6.07) is 14.3. The Morgan fingerprint density at radius 1 is 1.16 bits per heavy atom. The Balaban J connectivity index is 1.72. The van der Waals surface area contributed by atoms with Crippen LogP contribution in [-0.4, -0.2) is 71.0 Å². The number of benzene rings is 2. The first-order chi connectivity index (χ1) is 17.5. The van der Waals surface area contributed by atoms with Gasteiger partial charge < -0.3 is 25.1 Å². The van der Waals surface area contributed by atoms with Gasteiger partial charge in [0.1, 0.15) is 17.2 Å². The molecule has 1 amide bonds. The monoisotopic (exact) mass is 524 g/mol. The Morgan fingerprint density at radius 3 is 2.43 bits per heavy atom. The van der Waals surface area contributed by atoms with Gasteiger partial charge >= 0.3 is 0 Å². The van der Waals surface area contributed by atoms with Crippen LogP contribution in [0.2, 0.25) is 5.02 Å². The van der Waals surface area contributed by atoms with Crippen molar-refractivity contribution in [1.29, 1.82) is 0 Å². The predicted octanol–water partition coefficient (Wildman–Crippen LogP) is 3.21.